The minimum absolute atomic E-state index is 0.236. The van der Waals surface area contributed by atoms with E-state index in [1.165, 1.54) is 6.21 Å². The van der Waals surface area contributed by atoms with Crippen LogP contribution in [0.25, 0.3) is 0 Å². The third-order valence-electron chi connectivity index (χ3n) is 0.713. The number of hydrazone groups is 1. The van der Waals surface area contributed by atoms with Gasteiger partial charge in [-0.25, -0.2) is 5.43 Å². The number of hydrogen-bond donors (Lipinski definition) is 1. The zero-order valence-electron chi connectivity index (χ0n) is 3.59. The van der Waals surface area contributed by atoms with E-state index in [-0.39, 0.29) is 5.91 Å². The Hall–Kier alpha value is -0.860. The molecule has 1 atom stereocenters. The highest BCUT2D eigenvalue weighted by Crippen LogP contribution is 1.93. The summed E-state index contributed by atoms with van der Waals surface area (Å²) < 4.78 is 0. The van der Waals surface area contributed by atoms with E-state index in [9.17, 15) is 4.79 Å². The summed E-state index contributed by atoms with van der Waals surface area (Å²) in [6.45, 7) is 5.12. The molecular formula is C4H4N2O. The maximum atomic E-state index is 10.2. The number of hydrogen-bond acceptors (Lipinski definition) is 2. The topological polar surface area (TPSA) is 41.5 Å². The van der Waals surface area contributed by atoms with Gasteiger partial charge in [-0.1, -0.05) is 0 Å². The van der Waals surface area contributed by atoms with Gasteiger partial charge < -0.3 is 0 Å². The summed E-state index contributed by atoms with van der Waals surface area (Å²) in [4.78, 5) is 10.2. The normalized spacial score (nSPS) is 28.1. The summed E-state index contributed by atoms with van der Waals surface area (Å²) in [5.41, 5.74) is 2.17. The monoisotopic (exact) mass is 96.0 g/mol. The molecule has 7 heavy (non-hydrogen) atoms. The largest absolute Gasteiger partial charge is 0.272 e. The summed E-state index contributed by atoms with van der Waals surface area (Å²) in [5, 5.41) is 3.40. The predicted octanol–water partition coefficient (Wildman–Crippen LogP) is -0.571. The first-order valence-corrected chi connectivity index (χ1v) is 1.89. The van der Waals surface area contributed by atoms with Crippen molar-refractivity contribution in [1.29, 1.82) is 0 Å². The van der Waals surface area contributed by atoms with E-state index in [2.05, 4.69) is 10.5 Å². The Morgan fingerprint density at radius 2 is 2.71 bits per heavy atom. The molecule has 1 rings (SSSR count). The number of amides is 1. The van der Waals surface area contributed by atoms with Crippen molar-refractivity contribution in [2.24, 2.45) is 11.0 Å². The van der Waals surface area contributed by atoms with Gasteiger partial charge in [0.25, 0.3) is 0 Å². The van der Waals surface area contributed by atoms with Gasteiger partial charge in [0.05, 0.1) is 5.92 Å². The molecule has 0 saturated carbocycles. The van der Waals surface area contributed by atoms with Crippen molar-refractivity contribution in [2.45, 2.75) is 0 Å². The smallest absolute Gasteiger partial charge is 0.248 e. The van der Waals surface area contributed by atoms with Crippen LogP contribution < -0.4 is 5.43 Å². The molecule has 1 N–H and O–H groups in total. The third-order valence-corrected chi connectivity index (χ3v) is 0.713. The summed E-state index contributed by atoms with van der Waals surface area (Å²) in [5.74, 6) is -0.764. The molecule has 1 aliphatic heterocycles. The molecule has 1 aliphatic rings. The zero-order valence-corrected chi connectivity index (χ0v) is 3.59. The SMILES string of the molecule is [CH]C1C=NNC1=O. The highest BCUT2D eigenvalue weighted by Gasteiger charge is 2.13. The van der Waals surface area contributed by atoms with Gasteiger partial charge in [-0.05, 0) is 6.92 Å². The van der Waals surface area contributed by atoms with Crippen LogP contribution in [0.4, 0.5) is 0 Å². The third kappa shape index (κ3) is 0.607. The van der Waals surface area contributed by atoms with Crippen molar-refractivity contribution >= 4 is 12.1 Å². The van der Waals surface area contributed by atoms with Crippen LogP contribution in [0.3, 0.4) is 0 Å². The highest BCUT2D eigenvalue weighted by atomic mass is 16.2. The Morgan fingerprint density at radius 3 is 2.86 bits per heavy atom. The van der Waals surface area contributed by atoms with Crippen molar-refractivity contribution in [2.75, 3.05) is 0 Å². The van der Waals surface area contributed by atoms with Crippen LogP contribution in [-0.2, 0) is 4.79 Å². The van der Waals surface area contributed by atoms with Gasteiger partial charge in [0.15, 0.2) is 0 Å². The van der Waals surface area contributed by atoms with E-state index < -0.39 is 5.92 Å². The molecular weight excluding hydrogens is 92.1 g/mol. The number of carbonyl (C=O) groups is 1. The first kappa shape index (κ1) is 4.30. The Balaban J connectivity index is 2.62. The van der Waals surface area contributed by atoms with Crippen molar-refractivity contribution < 1.29 is 4.79 Å². The quantitative estimate of drug-likeness (QED) is 0.431. The van der Waals surface area contributed by atoms with E-state index in [4.69, 9.17) is 6.92 Å². The van der Waals surface area contributed by atoms with Crippen LogP contribution in [0.15, 0.2) is 5.10 Å². The molecule has 1 amide bonds. The Kier molecular flexibility index (Phi) is 0.817. The van der Waals surface area contributed by atoms with E-state index in [0.29, 0.717) is 0 Å². The average Bonchev–Trinajstić information content (AvgIpc) is 1.91. The molecule has 3 nitrogen and oxygen atoms in total. The van der Waals surface area contributed by atoms with Crippen molar-refractivity contribution in [3.8, 4) is 0 Å². The maximum absolute atomic E-state index is 10.2. The standard InChI is InChI=1S/C4H4N2O/c1-3-2-5-6-4(3)7/h1-3H,(H,6,7). The number of nitrogens with one attached hydrogen (secondary N) is 1. The van der Waals surface area contributed by atoms with Gasteiger partial charge in [-0.15, -0.1) is 0 Å². The van der Waals surface area contributed by atoms with Gasteiger partial charge in [0.1, 0.15) is 0 Å². The fourth-order valence-electron chi connectivity index (χ4n) is 0.323. The Bertz CT molecular complexity index is 119. The lowest BCUT2D eigenvalue weighted by atomic mass is 10.2. The molecule has 2 radical (unpaired) electrons. The van der Waals surface area contributed by atoms with Crippen molar-refractivity contribution in [3.63, 3.8) is 0 Å². The Labute approximate surface area is 41.4 Å². The van der Waals surface area contributed by atoms with E-state index in [1.807, 2.05) is 0 Å². The van der Waals surface area contributed by atoms with Gasteiger partial charge in [-0.3, -0.25) is 4.79 Å². The Morgan fingerprint density at radius 1 is 2.00 bits per heavy atom. The number of carbonyl (C=O) groups excluding carboxylic acids is 1. The molecule has 0 fully saturated rings. The second kappa shape index (κ2) is 1.33. The molecule has 0 aromatic heterocycles. The lowest BCUT2D eigenvalue weighted by Crippen LogP contribution is -2.16. The van der Waals surface area contributed by atoms with Crippen molar-refractivity contribution in [3.05, 3.63) is 6.92 Å². The highest BCUT2D eigenvalue weighted by molar-refractivity contribution is 5.97. The van der Waals surface area contributed by atoms with Crippen LogP contribution in [0.1, 0.15) is 0 Å². The molecule has 0 aliphatic carbocycles. The fourth-order valence-corrected chi connectivity index (χ4v) is 0.323. The van der Waals surface area contributed by atoms with E-state index in [0.717, 1.165) is 0 Å². The lowest BCUT2D eigenvalue weighted by Gasteiger charge is -1.87. The second-order valence-electron chi connectivity index (χ2n) is 1.28. The minimum Gasteiger partial charge on any atom is -0.272 e. The second-order valence-corrected chi connectivity index (χ2v) is 1.28. The van der Waals surface area contributed by atoms with Crippen LogP contribution in [0, 0.1) is 12.8 Å². The van der Waals surface area contributed by atoms with Gasteiger partial charge in [0, 0.05) is 6.21 Å². The van der Waals surface area contributed by atoms with E-state index in [1.54, 1.807) is 0 Å². The molecule has 36 valence electrons. The number of rotatable bonds is 0. The summed E-state index contributed by atoms with van der Waals surface area (Å²) in [6, 6.07) is 0. The van der Waals surface area contributed by atoms with Crippen LogP contribution in [0.5, 0.6) is 0 Å². The van der Waals surface area contributed by atoms with Gasteiger partial charge >= 0.3 is 0 Å². The molecule has 0 aromatic carbocycles. The fraction of sp³-hybridized carbons (Fsp3) is 0.250. The molecule has 1 unspecified atom stereocenters. The lowest BCUT2D eigenvalue weighted by molar-refractivity contribution is -0.121. The summed E-state index contributed by atoms with van der Waals surface area (Å²) >= 11 is 0. The van der Waals surface area contributed by atoms with E-state index >= 15 is 0 Å². The predicted molar refractivity (Wildman–Crippen MR) is 24.4 cm³/mol. The summed E-state index contributed by atoms with van der Waals surface area (Å²) in [7, 11) is 0. The van der Waals surface area contributed by atoms with Crippen molar-refractivity contribution in [1.82, 2.24) is 5.43 Å². The van der Waals surface area contributed by atoms with Crippen LogP contribution in [0.2, 0.25) is 0 Å². The maximum Gasteiger partial charge on any atom is 0.248 e. The molecule has 0 saturated heterocycles. The molecule has 0 aromatic rings. The van der Waals surface area contributed by atoms with Crippen LogP contribution >= 0.6 is 0 Å². The number of nitrogens with zero attached hydrogens (tertiary/aromatic N) is 1. The van der Waals surface area contributed by atoms with Gasteiger partial charge in [-0.2, -0.15) is 5.10 Å². The first-order valence-electron chi connectivity index (χ1n) is 1.89. The minimum atomic E-state index is -0.528. The van der Waals surface area contributed by atoms with Crippen LogP contribution in [-0.4, -0.2) is 12.1 Å². The molecule has 1 heterocycles. The molecule has 0 bridgehead atoms. The first-order chi connectivity index (χ1) is 3.30. The zero-order chi connectivity index (χ0) is 5.28. The average molecular weight is 96.1 g/mol. The molecule has 0 spiro atoms. The molecule has 3 heteroatoms. The van der Waals surface area contributed by atoms with Gasteiger partial charge in [0.2, 0.25) is 5.91 Å². The summed E-state index contributed by atoms with van der Waals surface area (Å²) in [6.07, 6.45) is 1.36.